The number of rotatable bonds is 12. The lowest BCUT2D eigenvalue weighted by Gasteiger charge is -2.34. The van der Waals surface area contributed by atoms with Gasteiger partial charge in [0, 0.05) is 40.7 Å². The van der Waals surface area contributed by atoms with Crippen LogP contribution in [0.2, 0.25) is 10.0 Å². The minimum atomic E-state index is -3.94. The molecule has 0 saturated heterocycles. The fourth-order valence-corrected chi connectivity index (χ4v) is 6.27. The van der Waals surface area contributed by atoms with Crippen LogP contribution in [0, 0.1) is 0 Å². The van der Waals surface area contributed by atoms with Crippen molar-refractivity contribution in [3.8, 4) is 11.5 Å². The van der Waals surface area contributed by atoms with Gasteiger partial charge >= 0.3 is 0 Å². The van der Waals surface area contributed by atoms with Crippen LogP contribution in [0.1, 0.15) is 31.9 Å². The van der Waals surface area contributed by atoms with Crippen LogP contribution in [-0.2, 0) is 32.6 Å². The summed E-state index contributed by atoms with van der Waals surface area (Å²) in [7, 11) is -3.94. The van der Waals surface area contributed by atoms with Gasteiger partial charge in [0.25, 0.3) is 0 Å². The summed E-state index contributed by atoms with van der Waals surface area (Å²) in [5.74, 6) is -0.391. The van der Waals surface area contributed by atoms with Crippen LogP contribution in [0.5, 0.6) is 11.5 Å². The summed E-state index contributed by atoms with van der Waals surface area (Å²) < 4.78 is 39.1. The Labute approximate surface area is 262 Å². The molecular weight excluding hydrogens is 613 g/mol. The first kappa shape index (κ1) is 32.4. The number of carbonyl (C=O) groups excluding carboxylic acids is 2. The van der Waals surface area contributed by atoms with Gasteiger partial charge in [0.05, 0.1) is 11.4 Å². The smallest absolute Gasteiger partial charge is 0.244 e. The minimum Gasteiger partial charge on any atom is -0.486 e. The SMILES string of the molecule is CCS(=O)(=O)N(CC(=O)N(Cc1c(Cl)cccc1Cl)[C@H](Cc1ccccc1)C(=O)NC(C)C)c1ccc2c(c1)OCCO2. The average molecular weight is 649 g/mol. The van der Waals surface area contributed by atoms with E-state index in [0.29, 0.717) is 40.3 Å². The number of benzene rings is 3. The van der Waals surface area contributed by atoms with Gasteiger partial charge in [-0.3, -0.25) is 13.9 Å². The molecule has 4 rings (SSSR count). The highest BCUT2D eigenvalue weighted by Gasteiger charge is 2.35. The Kier molecular flexibility index (Phi) is 10.8. The molecule has 0 aromatic heterocycles. The van der Waals surface area contributed by atoms with Crippen molar-refractivity contribution in [2.45, 2.75) is 45.8 Å². The summed E-state index contributed by atoms with van der Waals surface area (Å²) in [5, 5.41) is 3.55. The molecule has 1 heterocycles. The summed E-state index contributed by atoms with van der Waals surface area (Å²) in [6, 6.07) is 17.8. The molecule has 43 heavy (non-hydrogen) atoms. The van der Waals surface area contributed by atoms with Crippen molar-refractivity contribution in [2.75, 3.05) is 29.8 Å². The number of hydrogen-bond acceptors (Lipinski definition) is 6. The third-order valence-corrected chi connectivity index (χ3v) is 9.33. The Morgan fingerprint density at radius 1 is 0.930 bits per heavy atom. The molecule has 1 aliphatic heterocycles. The van der Waals surface area contributed by atoms with Crippen LogP contribution in [0.3, 0.4) is 0 Å². The van der Waals surface area contributed by atoms with E-state index in [1.807, 2.05) is 44.2 Å². The van der Waals surface area contributed by atoms with Gasteiger partial charge < -0.3 is 19.7 Å². The predicted molar refractivity (Wildman–Crippen MR) is 168 cm³/mol. The van der Waals surface area contributed by atoms with Crippen LogP contribution >= 0.6 is 23.2 Å². The topological polar surface area (TPSA) is 105 Å². The van der Waals surface area contributed by atoms with Crippen molar-refractivity contribution >= 4 is 50.7 Å². The predicted octanol–water partition coefficient (Wildman–Crippen LogP) is 5.09. The molecule has 230 valence electrons. The Balaban J connectivity index is 1.78. The highest BCUT2D eigenvalue weighted by molar-refractivity contribution is 7.92. The Morgan fingerprint density at radius 2 is 1.58 bits per heavy atom. The molecule has 9 nitrogen and oxygen atoms in total. The fourth-order valence-electron chi connectivity index (χ4n) is 4.70. The number of hydrogen-bond donors (Lipinski definition) is 1. The second-order valence-electron chi connectivity index (χ2n) is 10.3. The molecule has 0 aliphatic carbocycles. The molecule has 3 aromatic rings. The molecule has 0 bridgehead atoms. The second-order valence-corrected chi connectivity index (χ2v) is 13.3. The van der Waals surface area contributed by atoms with E-state index in [2.05, 4.69) is 5.32 Å². The third kappa shape index (κ3) is 8.13. The number of anilines is 1. The highest BCUT2D eigenvalue weighted by atomic mass is 35.5. The van der Waals surface area contributed by atoms with E-state index < -0.39 is 28.5 Å². The molecule has 3 aromatic carbocycles. The molecular formula is C31H35Cl2N3O6S. The van der Waals surface area contributed by atoms with E-state index >= 15 is 0 Å². The molecule has 1 atom stereocenters. The quantitative estimate of drug-likeness (QED) is 0.294. The number of ether oxygens (including phenoxy) is 2. The van der Waals surface area contributed by atoms with Gasteiger partial charge in [0.1, 0.15) is 25.8 Å². The second kappa shape index (κ2) is 14.3. The van der Waals surface area contributed by atoms with Crippen molar-refractivity contribution in [1.29, 1.82) is 0 Å². The number of carbonyl (C=O) groups is 2. The molecule has 0 saturated carbocycles. The number of sulfonamides is 1. The Bertz CT molecular complexity index is 1530. The van der Waals surface area contributed by atoms with Crippen molar-refractivity contribution in [3.63, 3.8) is 0 Å². The summed E-state index contributed by atoms with van der Waals surface area (Å²) in [5.41, 5.74) is 1.50. The van der Waals surface area contributed by atoms with Gasteiger partial charge in [-0.05, 0) is 50.6 Å². The van der Waals surface area contributed by atoms with Crippen molar-refractivity contribution < 1.29 is 27.5 Å². The zero-order valence-electron chi connectivity index (χ0n) is 24.3. The molecule has 0 unspecified atom stereocenters. The number of nitrogens with one attached hydrogen (secondary N) is 1. The molecule has 12 heteroatoms. The van der Waals surface area contributed by atoms with Crippen LogP contribution in [0.4, 0.5) is 5.69 Å². The van der Waals surface area contributed by atoms with Gasteiger partial charge in [-0.25, -0.2) is 8.42 Å². The van der Waals surface area contributed by atoms with Crippen LogP contribution in [0.15, 0.2) is 66.7 Å². The van der Waals surface area contributed by atoms with E-state index in [0.717, 1.165) is 9.87 Å². The van der Waals surface area contributed by atoms with Crippen LogP contribution in [-0.4, -0.2) is 62.7 Å². The van der Waals surface area contributed by atoms with E-state index in [1.165, 1.54) is 17.9 Å². The van der Waals surface area contributed by atoms with Gasteiger partial charge in [0.15, 0.2) is 11.5 Å². The first-order valence-electron chi connectivity index (χ1n) is 14.0. The zero-order chi connectivity index (χ0) is 31.1. The molecule has 0 radical (unpaired) electrons. The van der Waals surface area contributed by atoms with E-state index in [-0.39, 0.29) is 36.4 Å². The zero-order valence-corrected chi connectivity index (χ0v) is 26.6. The highest BCUT2D eigenvalue weighted by Crippen LogP contribution is 2.35. The maximum Gasteiger partial charge on any atom is 0.244 e. The van der Waals surface area contributed by atoms with E-state index in [9.17, 15) is 18.0 Å². The van der Waals surface area contributed by atoms with Gasteiger partial charge in [-0.15, -0.1) is 0 Å². The third-order valence-electron chi connectivity index (χ3n) is 6.89. The number of nitrogens with zero attached hydrogens (tertiary/aromatic N) is 2. The Morgan fingerprint density at radius 3 is 2.21 bits per heavy atom. The maximum absolute atomic E-state index is 14.3. The summed E-state index contributed by atoms with van der Waals surface area (Å²) in [6.45, 7) is 5.15. The molecule has 1 aliphatic rings. The largest absolute Gasteiger partial charge is 0.486 e. The van der Waals surface area contributed by atoms with Gasteiger partial charge in [0.2, 0.25) is 21.8 Å². The normalized spacial score (nSPS) is 13.3. The maximum atomic E-state index is 14.3. The van der Waals surface area contributed by atoms with Gasteiger partial charge in [-0.1, -0.05) is 59.6 Å². The number of halogens is 2. The molecule has 0 spiro atoms. The monoisotopic (exact) mass is 647 g/mol. The fraction of sp³-hybridized carbons (Fsp3) is 0.355. The standard InChI is InChI=1S/C31H35Cl2N3O6S/c1-4-43(39,40)36(23-13-14-28-29(18-23)42-16-15-41-28)20-30(37)35(19-24-25(32)11-8-12-26(24)33)27(31(38)34-21(2)3)17-22-9-6-5-7-10-22/h5-14,18,21,27H,4,15-17,19-20H2,1-3H3,(H,34,38)/t27-/m1/s1. The van der Waals surface area contributed by atoms with Crippen LogP contribution in [0.25, 0.3) is 0 Å². The van der Waals surface area contributed by atoms with Crippen LogP contribution < -0.4 is 19.1 Å². The molecule has 2 amide bonds. The average Bonchev–Trinajstić information content (AvgIpc) is 2.98. The Hall–Kier alpha value is -3.47. The van der Waals surface area contributed by atoms with Crippen molar-refractivity contribution in [3.05, 3.63) is 87.9 Å². The molecule has 0 fully saturated rings. The van der Waals surface area contributed by atoms with Crippen molar-refractivity contribution in [1.82, 2.24) is 10.2 Å². The molecule has 1 N–H and O–H groups in total. The summed E-state index contributed by atoms with van der Waals surface area (Å²) >= 11 is 13.0. The lowest BCUT2D eigenvalue weighted by atomic mass is 10.0. The first-order chi connectivity index (χ1) is 20.5. The summed E-state index contributed by atoms with van der Waals surface area (Å²) in [6.07, 6.45) is 0.178. The number of amides is 2. The first-order valence-corrected chi connectivity index (χ1v) is 16.3. The minimum absolute atomic E-state index is 0.124. The summed E-state index contributed by atoms with van der Waals surface area (Å²) in [4.78, 5) is 29.4. The van der Waals surface area contributed by atoms with Crippen molar-refractivity contribution in [2.24, 2.45) is 0 Å². The van der Waals surface area contributed by atoms with E-state index in [1.54, 1.807) is 30.3 Å². The van der Waals surface area contributed by atoms with Gasteiger partial charge in [-0.2, -0.15) is 0 Å². The van der Waals surface area contributed by atoms with E-state index in [4.69, 9.17) is 32.7 Å². The lowest BCUT2D eigenvalue weighted by molar-refractivity contribution is -0.140. The number of fused-ring (bicyclic) bond motifs is 1. The lowest BCUT2D eigenvalue weighted by Crippen LogP contribution is -2.54.